The minimum atomic E-state index is -0.349. The topological polar surface area (TPSA) is 98.8 Å². The van der Waals surface area contributed by atoms with Crippen LogP contribution in [0.15, 0.2) is 59.3 Å². The molecule has 9 nitrogen and oxygen atoms in total. The van der Waals surface area contributed by atoms with E-state index in [0.29, 0.717) is 50.0 Å². The van der Waals surface area contributed by atoms with Gasteiger partial charge in [0.05, 0.1) is 19.8 Å². The fourth-order valence-corrected chi connectivity index (χ4v) is 3.01. The Balaban J connectivity index is 1.27. The summed E-state index contributed by atoms with van der Waals surface area (Å²) < 4.78 is 18.1. The third kappa shape index (κ3) is 5.06. The van der Waals surface area contributed by atoms with Gasteiger partial charge in [-0.25, -0.2) is 0 Å². The Morgan fingerprint density at radius 2 is 1.90 bits per heavy atom. The van der Waals surface area contributed by atoms with E-state index in [9.17, 15) is 9.59 Å². The van der Waals surface area contributed by atoms with Crippen molar-refractivity contribution in [2.75, 3.05) is 38.2 Å². The van der Waals surface area contributed by atoms with E-state index in [0.717, 1.165) is 0 Å². The molecule has 1 aliphatic rings. The van der Waals surface area contributed by atoms with Crippen molar-refractivity contribution in [2.45, 2.75) is 6.54 Å². The van der Waals surface area contributed by atoms with Gasteiger partial charge in [0, 0.05) is 31.2 Å². The van der Waals surface area contributed by atoms with Gasteiger partial charge in [0.15, 0.2) is 12.4 Å². The summed E-state index contributed by atoms with van der Waals surface area (Å²) in [6.07, 6.45) is 3.50. The van der Waals surface area contributed by atoms with Gasteiger partial charge in [0.25, 0.3) is 11.8 Å². The Bertz CT molecular complexity index is 975. The maximum atomic E-state index is 12.4. The number of nitrogens with one attached hydrogen (secondary N) is 1. The van der Waals surface area contributed by atoms with Crippen LogP contribution in [0, 0.1) is 0 Å². The second-order valence-corrected chi connectivity index (χ2v) is 6.73. The summed E-state index contributed by atoms with van der Waals surface area (Å²) in [4.78, 5) is 26.2. The zero-order valence-corrected chi connectivity index (χ0v) is 16.3. The molecule has 0 saturated carbocycles. The van der Waals surface area contributed by atoms with Crippen LogP contribution < -0.4 is 10.1 Å². The zero-order valence-electron chi connectivity index (χ0n) is 16.3. The standard InChI is InChI=1S/C21H22N4O5/c26-20(24-10-12-28-13-11-24)15-29-17-4-2-16(3-5-17)23-21(27)19-7-6-18(30-19)14-25-9-1-8-22-25/h1-9H,10-15H2,(H,23,27). The molecule has 2 amide bonds. The average molecular weight is 410 g/mol. The van der Waals surface area contributed by atoms with Gasteiger partial charge in [-0.15, -0.1) is 0 Å². The molecule has 0 unspecified atom stereocenters. The molecule has 0 aliphatic carbocycles. The van der Waals surface area contributed by atoms with Crippen molar-refractivity contribution < 1.29 is 23.5 Å². The van der Waals surface area contributed by atoms with Gasteiger partial charge in [0.1, 0.15) is 11.5 Å². The molecule has 4 rings (SSSR count). The average Bonchev–Trinajstić information content (AvgIpc) is 3.46. The first-order valence-electron chi connectivity index (χ1n) is 9.63. The van der Waals surface area contributed by atoms with E-state index >= 15 is 0 Å². The van der Waals surface area contributed by atoms with Crippen molar-refractivity contribution >= 4 is 17.5 Å². The van der Waals surface area contributed by atoms with Gasteiger partial charge in [0.2, 0.25) is 0 Å². The summed E-state index contributed by atoms with van der Waals surface area (Å²) in [5, 5.41) is 6.88. The first-order valence-corrected chi connectivity index (χ1v) is 9.63. The summed E-state index contributed by atoms with van der Waals surface area (Å²) in [6, 6.07) is 12.0. The van der Waals surface area contributed by atoms with Crippen LogP contribution >= 0.6 is 0 Å². The number of furan rings is 1. The van der Waals surface area contributed by atoms with E-state index in [2.05, 4.69) is 10.4 Å². The molecule has 1 aliphatic heterocycles. The van der Waals surface area contributed by atoms with Crippen molar-refractivity contribution in [1.29, 1.82) is 0 Å². The molecule has 0 atom stereocenters. The fourth-order valence-electron chi connectivity index (χ4n) is 3.01. The van der Waals surface area contributed by atoms with E-state index in [-0.39, 0.29) is 24.2 Å². The molecule has 156 valence electrons. The summed E-state index contributed by atoms with van der Waals surface area (Å²) >= 11 is 0. The van der Waals surface area contributed by atoms with E-state index < -0.39 is 0 Å². The Hall–Kier alpha value is -3.59. The molecule has 0 spiro atoms. The molecule has 2 aromatic heterocycles. The van der Waals surface area contributed by atoms with Crippen LogP contribution in [0.25, 0.3) is 0 Å². The third-order valence-electron chi connectivity index (χ3n) is 4.60. The van der Waals surface area contributed by atoms with Crippen molar-refractivity contribution in [3.05, 3.63) is 66.4 Å². The van der Waals surface area contributed by atoms with Gasteiger partial charge in [-0.1, -0.05) is 0 Å². The molecule has 30 heavy (non-hydrogen) atoms. The lowest BCUT2D eigenvalue weighted by Crippen LogP contribution is -2.42. The van der Waals surface area contributed by atoms with Crippen LogP contribution in [0.4, 0.5) is 5.69 Å². The van der Waals surface area contributed by atoms with E-state index in [1.807, 2.05) is 12.3 Å². The first kappa shape index (κ1) is 19.7. The quantitative estimate of drug-likeness (QED) is 0.640. The second-order valence-electron chi connectivity index (χ2n) is 6.73. The number of benzene rings is 1. The Kier molecular flexibility index (Phi) is 6.09. The van der Waals surface area contributed by atoms with Crippen LogP contribution in [0.5, 0.6) is 5.75 Å². The van der Waals surface area contributed by atoms with Gasteiger partial charge in [-0.05, 0) is 42.5 Å². The number of morpholine rings is 1. The molecule has 3 aromatic rings. The highest BCUT2D eigenvalue weighted by Crippen LogP contribution is 2.18. The predicted octanol–water partition coefficient (Wildman–Crippen LogP) is 2.01. The van der Waals surface area contributed by atoms with Gasteiger partial charge in [-0.3, -0.25) is 14.3 Å². The van der Waals surface area contributed by atoms with Crippen LogP contribution in [0.2, 0.25) is 0 Å². The minimum Gasteiger partial charge on any atom is -0.484 e. The van der Waals surface area contributed by atoms with Crippen molar-refractivity contribution in [3.8, 4) is 5.75 Å². The van der Waals surface area contributed by atoms with Crippen molar-refractivity contribution in [3.63, 3.8) is 0 Å². The molecular weight excluding hydrogens is 388 g/mol. The highest BCUT2D eigenvalue weighted by atomic mass is 16.5. The summed E-state index contributed by atoms with van der Waals surface area (Å²) in [7, 11) is 0. The van der Waals surface area contributed by atoms with Crippen molar-refractivity contribution in [2.24, 2.45) is 0 Å². The highest BCUT2D eigenvalue weighted by molar-refractivity contribution is 6.02. The van der Waals surface area contributed by atoms with E-state index in [1.165, 1.54) is 0 Å². The molecule has 3 heterocycles. The fraction of sp³-hybridized carbons (Fsp3) is 0.286. The monoisotopic (exact) mass is 410 g/mol. The zero-order chi connectivity index (χ0) is 20.8. The smallest absolute Gasteiger partial charge is 0.291 e. The number of nitrogens with zero attached hydrogens (tertiary/aromatic N) is 3. The second kappa shape index (κ2) is 9.27. The maximum Gasteiger partial charge on any atom is 0.291 e. The molecule has 9 heteroatoms. The van der Waals surface area contributed by atoms with Crippen LogP contribution in [-0.2, 0) is 16.1 Å². The van der Waals surface area contributed by atoms with Crippen LogP contribution in [0.1, 0.15) is 16.3 Å². The normalized spacial score (nSPS) is 13.8. The van der Waals surface area contributed by atoms with E-state index in [1.54, 1.807) is 52.2 Å². The molecule has 1 N–H and O–H groups in total. The summed E-state index contributed by atoms with van der Waals surface area (Å²) in [5.74, 6) is 0.984. The van der Waals surface area contributed by atoms with Gasteiger partial charge < -0.3 is 24.1 Å². The number of anilines is 1. The van der Waals surface area contributed by atoms with Gasteiger partial charge >= 0.3 is 0 Å². The Morgan fingerprint density at radius 1 is 1.10 bits per heavy atom. The summed E-state index contributed by atoms with van der Waals surface area (Å²) in [5.41, 5.74) is 0.594. The number of amides is 2. The first-order chi connectivity index (χ1) is 14.7. The molecule has 1 aromatic carbocycles. The molecule has 0 radical (unpaired) electrons. The molecule has 0 bridgehead atoms. The largest absolute Gasteiger partial charge is 0.484 e. The summed E-state index contributed by atoms with van der Waals surface area (Å²) in [6.45, 7) is 2.71. The predicted molar refractivity (Wildman–Crippen MR) is 107 cm³/mol. The maximum absolute atomic E-state index is 12.4. The van der Waals surface area contributed by atoms with Crippen LogP contribution in [0.3, 0.4) is 0 Å². The highest BCUT2D eigenvalue weighted by Gasteiger charge is 2.17. The minimum absolute atomic E-state index is 0.0306. The number of hydrogen-bond acceptors (Lipinski definition) is 6. The van der Waals surface area contributed by atoms with E-state index in [4.69, 9.17) is 13.9 Å². The number of ether oxygens (including phenoxy) is 2. The lowest BCUT2D eigenvalue weighted by molar-refractivity contribution is -0.137. The number of carbonyl (C=O) groups is 2. The molecule has 1 saturated heterocycles. The Morgan fingerprint density at radius 3 is 2.63 bits per heavy atom. The number of aromatic nitrogens is 2. The van der Waals surface area contributed by atoms with Crippen molar-refractivity contribution in [1.82, 2.24) is 14.7 Å². The lowest BCUT2D eigenvalue weighted by atomic mass is 10.3. The van der Waals surface area contributed by atoms with Crippen LogP contribution in [-0.4, -0.2) is 59.4 Å². The van der Waals surface area contributed by atoms with Gasteiger partial charge in [-0.2, -0.15) is 5.10 Å². The molecule has 1 fully saturated rings. The molecular formula is C21H22N4O5. The lowest BCUT2D eigenvalue weighted by Gasteiger charge is -2.26. The SMILES string of the molecule is O=C(Nc1ccc(OCC(=O)N2CCOCC2)cc1)c1ccc(Cn2cccn2)o1. The number of hydrogen-bond donors (Lipinski definition) is 1. The number of rotatable bonds is 7. The third-order valence-corrected chi connectivity index (χ3v) is 4.60. The Labute approximate surface area is 173 Å². The number of carbonyl (C=O) groups excluding carboxylic acids is 2.